The molecule has 5 aliphatic rings. The first-order valence-electron chi connectivity index (χ1n) is 11.3. The third-order valence-corrected chi connectivity index (χ3v) is 8.22. The lowest BCUT2D eigenvalue weighted by atomic mass is 9.54. The molecule has 5 fully saturated rings. The maximum Gasteiger partial charge on any atom is 0.125 e. The fraction of sp³-hybridized carbons (Fsp3) is 0.750. The highest BCUT2D eigenvalue weighted by Crippen LogP contribution is 2.55. The lowest BCUT2D eigenvalue weighted by Gasteiger charge is -2.58. The average Bonchev–Trinajstić information content (AvgIpc) is 2.69. The van der Waals surface area contributed by atoms with Crippen LogP contribution in [0.2, 0.25) is 0 Å². The van der Waals surface area contributed by atoms with Gasteiger partial charge in [0.15, 0.2) is 0 Å². The van der Waals surface area contributed by atoms with Gasteiger partial charge in [-0.05, 0) is 80.4 Å². The summed E-state index contributed by atoms with van der Waals surface area (Å²) in [6.45, 7) is 7.90. The van der Waals surface area contributed by atoms with Gasteiger partial charge in [0.05, 0.1) is 14.2 Å². The lowest BCUT2D eigenvalue weighted by Crippen LogP contribution is -2.60. The molecular formula is C24H36N2O2. The van der Waals surface area contributed by atoms with Gasteiger partial charge in [-0.1, -0.05) is 0 Å². The molecule has 4 bridgehead atoms. The van der Waals surface area contributed by atoms with Crippen LogP contribution in [0, 0.1) is 30.6 Å². The van der Waals surface area contributed by atoms with Crippen molar-refractivity contribution in [1.29, 1.82) is 0 Å². The number of hydrogen-bond donors (Lipinski definition) is 0. The van der Waals surface area contributed by atoms with Crippen LogP contribution in [0.3, 0.4) is 0 Å². The highest BCUT2D eigenvalue weighted by atomic mass is 16.5. The zero-order valence-corrected chi connectivity index (χ0v) is 17.8. The van der Waals surface area contributed by atoms with Gasteiger partial charge in [0.25, 0.3) is 0 Å². The summed E-state index contributed by atoms with van der Waals surface area (Å²) in [4.78, 5) is 5.48. The van der Waals surface area contributed by atoms with Gasteiger partial charge >= 0.3 is 0 Å². The standard InChI is InChI=1S/C24H36N2O2/c1-16-22(27-2)13-19(14-23(16)28-3)15-25-4-6-26(7-5-25)24-20-9-17-8-18(11-20)12-21(24)10-17/h13-14,17-18,20-21,24H,4-12,15H2,1-3H3. The summed E-state index contributed by atoms with van der Waals surface area (Å²) >= 11 is 0. The predicted octanol–water partition coefficient (Wildman–Crippen LogP) is 3.95. The number of ether oxygens (including phenoxy) is 2. The van der Waals surface area contributed by atoms with Gasteiger partial charge in [0.2, 0.25) is 0 Å². The van der Waals surface area contributed by atoms with Crippen molar-refractivity contribution < 1.29 is 9.47 Å². The van der Waals surface area contributed by atoms with Crippen LogP contribution in [-0.4, -0.2) is 56.2 Å². The number of rotatable bonds is 5. The van der Waals surface area contributed by atoms with Crippen molar-refractivity contribution in [3.8, 4) is 11.5 Å². The minimum Gasteiger partial charge on any atom is -0.496 e. The highest BCUT2D eigenvalue weighted by Gasteiger charge is 2.50. The molecule has 0 aromatic heterocycles. The maximum absolute atomic E-state index is 5.56. The van der Waals surface area contributed by atoms with E-state index >= 15 is 0 Å². The summed E-state index contributed by atoms with van der Waals surface area (Å²) in [5, 5.41) is 0. The van der Waals surface area contributed by atoms with E-state index in [1.54, 1.807) is 20.6 Å². The largest absolute Gasteiger partial charge is 0.496 e. The first-order chi connectivity index (χ1) is 13.6. The molecule has 0 amide bonds. The Morgan fingerprint density at radius 2 is 1.36 bits per heavy atom. The number of methoxy groups -OCH3 is 2. The quantitative estimate of drug-likeness (QED) is 0.767. The summed E-state index contributed by atoms with van der Waals surface area (Å²) in [7, 11) is 3.49. The van der Waals surface area contributed by atoms with Crippen molar-refractivity contribution in [3.05, 3.63) is 23.3 Å². The van der Waals surface area contributed by atoms with Crippen molar-refractivity contribution in [1.82, 2.24) is 9.80 Å². The Hall–Kier alpha value is -1.26. The van der Waals surface area contributed by atoms with E-state index in [-0.39, 0.29) is 0 Å². The molecule has 154 valence electrons. The van der Waals surface area contributed by atoms with E-state index < -0.39 is 0 Å². The predicted molar refractivity (Wildman–Crippen MR) is 112 cm³/mol. The number of hydrogen-bond acceptors (Lipinski definition) is 4. The molecule has 0 radical (unpaired) electrons. The van der Waals surface area contributed by atoms with Crippen LogP contribution in [0.5, 0.6) is 11.5 Å². The molecule has 1 saturated heterocycles. The smallest absolute Gasteiger partial charge is 0.125 e. The van der Waals surface area contributed by atoms with Gasteiger partial charge < -0.3 is 9.47 Å². The summed E-state index contributed by atoms with van der Waals surface area (Å²) in [6, 6.07) is 5.26. The first kappa shape index (κ1) is 18.7. The lowest BCUT2D eigenvalue weighted by molar-refractivity contribution is -0.0769. The van der Waals surface area contributed by atoms with Crippen molar-refractivity contribution in [3.63, 3.8) is 0 Å². The molecule has 0 atom stereocenters. The van der Waals surface area contributed by atoms with Gasteiger partial charge in [0, 0.05) is 44.3 Å². The molecule has 1 aromatic carbocycles. The SMILES string of the molecule is COc1cc(CN2CCN(C3C4CC5CC(C4)CC3C5)CC2)cc(OC)c1C. The molecule has 1 aliphatic heterocycles. The summed E-state index contributed by atoms with van der Waals surface area (Å²) in [6.07, 6.45) is 7.67. The van der Waals surface area contributed by atoms with Crippen molar-refractivity contribution >= 4 is 0 Å². The van der Waals surface area contributed by atoms with Crippen LogP contribution in [0.15, 0.2) is 12.1 Å². The number of nitrogens with zero attached hydrogens (tertiary/aromatic N) is 2. The Morgan fingerprint density at radius 1 is 0.821 bits per heavy atom. The van der Waals surface area contributed by atoms with E-state index in [1.807, 2.05) is 0 Å². The van der Waals surface area contributed by atoms with Gasteiger partial charge in [-0.3, -0.25) is 9.80 Å². The van der Waals surface area contributed by atoms with Crippen LogP contribution in [0.25, 0.3) is 0 Å². The van der Waals surface area contributed by atoms with E-state index in [9.17, 15) is 0 Å². The Labute approximate surface area is 170 Å². The Balaban J connectivity index is 1.21. The molecule has 4 saturated carbocycles. The van der Waals surface area contributed by atoms with Crippen molar-refractivity contribution in [2.75, 3.05) is 40.4 Å². The molecule has 0 unspecified atom stereocenters. The Morgan fingerprint density at radius 3 is 1.86 bits per heavy atom. The Bertz CT molecular complexity index is 658. The molecule has 1 heterocycles. The molecule has 28 heavy (non-hydrogen) atoms. The summed E-state index contributed by atoms with van der Waals surface area (Å²) < 4.78 is 11.1. The van der Waals surface area contributed by atoms with Crippen LogP contribution in [0.4, 0.5) is 0 Å². The monoisotopic (exact) mass is 384 g/mol. The number of benzene rings is 1. The van der Waals surface area contributed by atoms with Crippen molar-refractivity contribution in [2.24, 2.45) is 23.7 Å². The van der Waals surface area contributed by atoms with E-state index in [1.165, 1.54) is 57.4 Å². The zero-order valence-electron chi connectivity index (χ0n) is 17.8. The van der Waals surface area contributed by atoms with Gasteiger partial charge in [-0.2, -0.15) is 0 Å². The van der Waals surface area contributed by atoms with E-state index in [2.05, 4.69) is 28.9 Å². The number of piperazine rings is 1. The minimum absolute atomic E-state index is 0.898. The average molecular weight is 385 g/mol. The first-order valence-corrected chi connectivity index (χ1v) is 11.3. The van der Waals surface area contributed by atoms with Gasteiger partial charge in [-0.15, -0.1) is 0 Å². The van der Waals surface area contributed by atoms with E-state index in [0.717, 1.165) is 53.3 Å². The molecule has 0 N–H and O–H groups in total. The molecule has 4 heteroatoms. The Kier molecular flexibility index (Phi) is 5.04. The van der Waals surface area contributed by atoms with Gasteiger partial charge in [0.1, 0.15) is 11.5 Å². The summed E-state index contributed by atoms with van der Waals surface area (Å²) in [5.74, 6) is 6.03. The second-order valence-corrected chi connectivity index (χ2v) is 9.86. The van der Waals surface area contributed by atoms with E-state index in [4.69, 9.17) is 9.47 Å². The van der Waals surface area contributed by atoms with Crippen molar-refractivity contribution in [2.45, 2.75) is 51.6 Å². The topological polar surface area (TPSA) is 24.9 Å². The fourth-order valence-electron chi connectivity index (χ4n) is 7.20. The van der Waals surface area contributed by atoms with Gasteiger partial charge in [-0.25, -0.2) is 0 Å². The second-order valence-electron chi connectivity index (χ2n) is 9.86. The normalized spacial score (nSPS) is 35.3. The molecule has 1 aromatic rings. The van der Waals surface area contributed by atoms with Crippen LogP contribution in [-0.2, 0) is 6.54 Å². The van der Waals surface area contributed by atoms with Crippen LogP contribution >= 0.6 is 0 Å². The molecule has 4 aliphatic carbocycles. The molecule has 0 spiro atoms. The van der Waals surface area contributed by atoms with E-state index in [0.29, 0.717) is 0 Å². The molecule has 6 rings (SSSR count). The third-order valence-electron chi connectivity index (χ3n) is 8.22. The van der Waals surface area contributed by atoms with Crippen LogP contribution in [0.1, 0.15) is 43.2 Å². The van der Waals surface area contributed by atoms with Crippen LogP contribution < -0.4 is 9.47 Å². The molecule has 4 nitrogen and oxygen atoms in total. The third kappa shape index (κ3) is 3.33. The molecular weight excluding hydrogens is 348 g/mol. The summed E-state index contributed by atoms with van der Waals surface area (Å²) in [5.41, 5.74) is 2.38. The second kappa shape index (κ2) is 7.53. The minimum atomic E-state index is 0.898. The zero-order chi connectivity index (χ0) is 19.3. The highest BCUT2D eigenvalue weighted by molar-refractivity contribution is 5.47. The fourth-order valence-corrected chi connectivity index (χ4v) is 7.20. The maximum atomic E-state index is 5.56.